The lowest BCUT2D eigenvalue weighted by Crippen LogP contribution is -2.46. The number of rotatable bonds is 5. The van der Waals surface area contributed by atoms with Gasteiger partial charge in [0.25, 0.3) is 5.91 Å². The maximum atomic E-state index is 12.7. The third-order valence-corrected chi connectivity index (χ3v) is 3.41. The quantitative estimate of drug-likeness (QED) is 0.761. The second kappa shape index (κ2) is 9.38. The summed E-state index contributed by atoms with van der Waals surface area (Å²) >= 11 is 0. The molecule has 0 saturated carbocycles. The van der Waals surface area contributed by atoms with Gasteiger partial charge in [-0.2, -0.15) is 0 Å². The summed E-state index contributed by atoms with van der Waals surface area (Å²) in [6.45, 7) is 2.07. The van der Waals surface area contributed by atoms with Gasteiger partial charge in [-0.05, 0) is 43.7 Å². The molecule has 0 aliphatic carbocycles. The average molecular weight is 330 g/mol. The maximum Gasteiger partial charge on any atom is 0.251 e. The van der Waals surface area contributed by atoms with Crippen LogP contribution in [-0.4, -0.2) is 37.5 Å². The van der Waals surface area contributed by atoms with Crippen LogP contribution in [0.5, 0.6) is 0 Å². The van der Waals surface area contributed by atoms with Crippen molar-refractivity contribution in [2.75, 3.05) is 19.6 Å². The van der Waals surface area contributed by atoms with E-state index in [0.29, 0.717) is 5.56 Å². The van der Waals surface area contributed by atoms with Gasteiger partial charge >= 0.3 is 0 Å². The molecule has 0 spiro atoms. The van der Waals surface area contributed by atoms with Crippen molar-refractivity contribution >= 4 is 24.2 Å². The number of nitrogens with one attached hydrogen (secondary N) is 3. The Morgan fingerprint density at radius 2 is 2.00 bits per heavy atom. The molecule has 5 nitrogen and oxygen atoms in total. The van der Waals surface area contributed by atoms with Crippen LogP contribution in [0, 0.1) is 5.82 Å². The first-order valence-electron chi connectivity index (χ1n) is 7.19. The summed E-state index contributed by atoms with van der Waals surface area (Å²) in [5.41, 5.74) is 0.383. The van der Waals surface area contributed by atoms with E-state index in [1.165, 1.54) is 24.3 Å². The molecule has 1 aromatic rings. The zero-order chi connectivity index (χ0) is 15.1. The van der Waals surface area contributed by atoms with Crippen molar-refractivity contribution in [2.45, 2.75) is 25.3 Å². The normalized spacial score (nSPS) is 17.2. The lowest BCUT2D eigenvalue weighted by atomic mass is 10.1. The van der Waals surface area contributed by atoms with Crippen LogP contribution in [0.15, 0.2) is 24.3 Å². The van der Waals surface area contributed by atoms with Crippen molar-refractivity contribution in [3.8, 4) is 0 Å². The van der Waals surface area contributed by atoms with Gasteiger partial charge in [-0.25, -0.2) is 4.39 Å². The molecule has 122 valence electrons. The lowest BCUT2D eigenvalue weighted by Gasteiger charge is -2.23. The molecule has 7 heteroatoms. The summed E-state index contributed by atoms with van der Waals surface area (Å²) in [5, 5.41) is 8.81. The topological polar surface area (TPSA) is 70.2 Å². The van der Waals surface area contributed by atoms with E-state index < -0.39 is 0 Å². The Balaban J connectivity index is 0.00000242. The molecule has 0 unspecified atom stereocenters. The first-order chi connectivity index (χ1) is 10.1. The zero-order valence-corrected chi connectivity index (χ0v) is 13.0. The molecule has 1 saturated heterocycles. The Bertz CT molecular complexity index is 490. The van der Waals surface area contributed by atoms with E-state index in [1.807, 2.05) is 0 Å². The van der Waals surface area contributed by atoms with Crippen molar-refractivity contribution < 1.29 is 14.0 Å². The van der Waals surface area contributed by atoms with E-state index >= 15 is 0 Å². The minimum Gasteiger partial charge on any atom is -0.352 e. The second-order valence-electron chi connectivity index (χ2n) is 5.12. The lowest BCUT2D eigenvalue weighted by molar-refractivity contribution is -0.121. The third kappa shape index (κ3) is 5.99. The number of amides is 2. The monoisotopic (exact) mass is 329 g/mol. The van der Waals surface area contributed by atoms with Crippen LogP contribution in [0.2, 0.25) is 0 Å². The Labute approximate surface area is 135 Å². The van der Waals surface area contributed by atoms with E-state index in [0.717, 1.165) is 25.9 Å². The molecular formula is C15H21ClFN3O2. The van der Waals surface area contributed by atoms with Gasteiger partial charge in [0.05, 0.1) is 0 Å². The van der Waals surface area contributed by atoms with Gasteiger partial charge in [-0.15, -0.1) is 12.4 Å². The molecule has 0 bridgehead atoms. The molecule has 0 aromatic heterocycles. The molecule has 1 aromatic carbocycles. The number of carbonyl (C=O) groups excluding carboxylic acids is 2. The smallest absolute Gasteiger partial charge is 0.251 e. The Morgan fingerprint density at radius 1 is 1.27 bits per heavy atom. The fraction of sp³-hybridized carbons (Fsp3) is 0.467. The highest BCUT2D eigenvalue weighted by Gasteiger charge is 2.15. The number of benzene rings is 1. The van der Waals surface area contributed by atoms with Crippen molar-refractivity contribution in [1.29, 1.82) is 0 Å². The molecule has 1 fully saturated rings. The van der Waals surface area contributed by atoms with Crippen LogP contribution in [0.25, 0.3) is 0 Å². The number of hydrogen-bond donors (Lipinski definition) is 3. The van der Waals surface area contributed by atoms with Gasteiger partial charge in [-0.1, -0.05) is 0 Å². The number of hydrogen-bond acceptors (Lipinski definition) is 3. The highest BCUT2D eigenvalue weighted by atomic mass is 35.5. The molecule has 1 aliphatic heterocycles. The van der Waals surface area contributed by atoms with Crippen molar-refractivity contribution in [3.63, 3.8) is 0 Å². The molecule has 0 radical (unpaired) electrons. The minimum atomic E-state index is -0.382. The fourth-order valence-electron chi connectivity index (χ4n) is 2.27. The average Bonchev–Trinajstić information content (AvgIpc) is 2.49. The largest absolute Gasteiger partial charge is 0.352 e. The zero-order valence-electron chi connectivity index (χ0n) is 12.2. The van der Waals surface area contributed by atoms with Crippen LogP contribution in [0.1, 0.15) is 29.6 Å². The van der Waals surface area contributed by atoms with Gasteiger partial charge in [0.2, 0.25) is 5.91 Å². The second-order valence-corrected chi connectivity index (χ2v) is 5.12. The van der Waals surface area contributed by atoms with Crippen LogP contribution in [0.4, 0.5) is 4.39 Å². The summed E-state index contributed by atoms with van der Waals surface area (Å²) < 4.78 is 12.7. The summed E-state index contributed by atoms with van der Waals surface area (Å²) in [6, 6.07) is 5.48. The molecule has 1 atom stereocenters. The number of piperidine rings is 1. The SMILES string of the molecule is Cl.O=C(CCNC(=O)c1ccc(F)cc1)N[C@H]1CCCNC1. The highest BCUT2D eigenvalue weighted by molar-refractivity contribution is 5.94. The summed E-state index contributed by atoms with van der Waals surface area (Å²) in [5.74, 6) is -0.753. The van der Waals surface area contributed by atoms with Crippen molar-refractivity contribution in [2.24, 2.45) is 0 Å². The van der Waals surface area contributed by atoms with Gasteiger partial charge in [0.1, 0.15) is 5.82 Å². The van der Waals surface area contributed by atoms with Crippen LogP contribution < -0.4 is 16.0 Å². The fourth-order valence-corrected chi connectivity index (χ4v) is 2.27. The standard InChI is InChI=1S/C15H20FN3O2.ClH/c16-12-5-3-11(4-6-12)15(21)18-9-7-14(20)19-13-2-1-8-17-10-13;/h3-6,13,17H,1-2,7-10H2,(H,18,21)(H,19,20);1H/t13-;/m0./s1. The molecule has 2 rings (SSSR count). The Hall–Kier alpha value is -1.66. The molecular weight excluding hydrogens is 309 g/mol. The predicted molar refractivity (Wildman–Crippen MR) is 84.6 cm³/mol. The first kappa shape index (κ1) is 18.4. The molecule has 1 aliphatic rings. The van der Waals surface area contributed by atoms with Crippen LogP contribution in [0.3, 0.4) is 0 Å². The summed E-state index contributed by atoms with van der Waals surface area (Å²) in [7, 11) is 0. The molecule has 1 heterocycles. The van der Waals surface area contributed by atoms with E-state index in [2.05, 4.69) is 16.0 Å². The minimum absolute atomic E-state index is 0. The summed E-state index contributed by atoms with van der Waals surface area (Å²) in [4.78, 5) is 23.5. The molecule has 2 amide bonds. The van der Waals surface area contributed by atoms with E-state index in [9.17, 15) is 14.0 Å². The van der Waals surface area contributed by atoms with Crippen LogP contribution >= 0.6 is 12.4 Å². The number of halogens is 2. The summed E-state index contributed by atoms with van der Waals surface area (Å²) in [6.07, 6.45) is 2.29. The van der Waals surface area contributed by atoms with Gasteiger partial charge < -0.3 is 16.0 Å². The predicted octanol–water partition coefficient (Wildman–Crippen LogP) is 1.24. The number of carbonyl (C=O) groups is 2. The molecule has 22 heavy (non-hydrogen) atoms. The van der Waals surface area contributed by atoms with E-state index in [1.54, 1.807) is 0 Å². The highest BCUT2D eigenvalue weighted by Crippen LogP contribution is 2.03. The Morgan fingerprint density at radius 3 is 2.64 bits per heavy atom. The van der Waals surface area contributed by atoms with Crippen LogP contribution in [-0.2, 0) is 4.79 Å². The van der Waals surface area contributed by atoms with E-state index in [-0.39, 0.29) is 49.0 Å². The van der Waals surface area contributed by atoms with Crippen molar-refractivity contribution in [1.82, 2.24) is 16.0 Å². The first-order valence-corrected chi connectivity index (χ1v) is 7.19. The molecule has 3 N–H and O–H groups in total. The maximum absolute atomic E-state index is 12.7. The van der Waals surface area contributed by atoms with Gasteiger partial charge in [-0.3, -0.25) is 9.59 Å². The van der Waals surface area contributed by atoms with Gasteiger partial charge in [0.15, 0.2) is 0 Å². The third-order valence-electron chi connectivity index (χ3n) is 3.41. The van der Waals surface area contributed by atoms with Gasteiger partial charge in [0, 0.05) is 31.1 Å². The Kier molecular flexibility index (Phi) is 7.84. The van der Waals surface area contributed by atoms with Crippen molar-refractivity contribution in [3.05, 3.63) is 35.6 Å². The van der Waals surface area contributed by atoms with E-state index in [4.69, 9.17) is 0 Å².